The molecule has 2 aromatic heterocycles. The maximum absolute atomic E-state index is 13.8. The third kappa shape index (κ3) is 4.74. The lowest BCUT2D eigenvalue weighted by atomic mass is 9.95. The topological polar surface area (TPSA) is 126 Å². The molecule has 10 nitrogen and oxygen atoms in total. The van der Waals surface area contributed by atoms with Crippen LogP contribution in [0, 0.1) is 17.0 Å². The highest BCUT2D eigenvalue weighted by molar-refractivity contribution is 7.07. The summed E-state index contributed by atoms with van der Waals surface area (Å²) in [5, 5.41) is 12.0. The van der Waals surface area contributed by atoms with Gasteiger partial charge in [0.25, 0.3) is 11.2 Å². The number of carbonyl (C=O) groups excluding carboxylic acids is 1. The molecule has 0 unspecified atom stereocenters. The predicted molar refractivity (Wildman–Crippen MR) is 149 cm³/mol. The van der Waals surface area contributed by atoms with E-state index in [-0.39, 0.29) is 21.6 Å². The zero-order valence-electron chi connectivity index (χ0n) is 21.8. The lowest BCUT2D eigenvalue weighted by Crippen LogP contribution is -2.40. The number of allylic oxidation sites excluding steroid dienone is 1. The number of hydrogen-bond acceptors (Lipinski definition) is 9. The number of nitro benzene ring substituents is 1. The van der Waals surface area contributed by atoms with Gasteiger partial charge in [0.05, 0.1) is 40.5 Å². The summed E-state index contributed by atoms with van der Waals surface area (Å²) in [5.41, 5.74) is 1.61. The lowest BCUT2D eigenvalue weighted by Gasteiger charge is -2.25. The Hall–Kier alpha value is -4.48. The third-order valence-electron chi connectivity index (χ3n) is 6.43. The van der Waals surface area contributed by atoms with Gasteiger partial charge in [-0.2, -0.15) is 0 Å². The fraction of sp³-hybridized carbons (Fsp3) is 0.179. The van der Waals surface area contributed by atoms with Crippen molar-refractivity contribution in [1.82, 2.24) is 4.57 Å². The number of methoxy groups -OCH3 is 2. The molecule has 0 saturated carbocycles. The molecule has 5 rings (SSSR count). The van der Waals surface area contributed by atoms with Crippen LogP contribution in [0.1, 0.15) is 29.9 Å². The second kappa shape index (κ2) is 10.6. The number of hydrogen-bond donors (Lipinski definition) is 0. The molecule has 0 aliphatic carbocycles. The summed E-state index contributed by atoms with van der Waals surface area (Å²) in [6.07, 6.45) is 1.54. The number of nitro groups is 1. The molecule has 0 saturated heterocycles. The fourth-order valence-electron chi connectivity index (χ4n) is 4.61. The Morgan fingerprint density at radius 1 is 1.18 bits per heavy atom. The van der Waals surface area contributed by atoms with E-state index in [1.807, 2.05) is 0 Å². The van der Waals surface area contributed by atoms with Gasteiger partial charge < -0.3 is 13.9 Å². The van der Waals surface area contributed by atoms with E-state index in [1.165, 1.54) is 30.9 Å². The van der Waals surface area contributed by atoms with Gasteiger partial charge in [0, 0.05) is 22.7 Å². The average Bonchev–Trinajstić information content (AvgIpc) is 3.51. The van der Waals surface area contributed by atoms with Crippen molar-refractivity contribution in [2.45, 2.75) is 19.9 Å². The molecule has 1 atom stereocenters. The summed E-state index contributed by atoms with van der Waals surface area (Å²) in [6, 6.07) is 12.1. The van der Waals surface area contributed by atoms with Gasteiger partial charge in [-0.1, -0.05) is 29.0 Å². The first-order chi connectivity index (χ1) is 19.1. The van der Waals surface area contributed by atoms with Crippen LogP contribution >= 0.6 is 22.9 Å². The number of aryl methyl sites for hydroxylation is 1. The second-order valence-corrected chi connectivity index (χ2v) is 10.4. The first-order valence-corrected chi connectivity index (χ1v) is 13.1. The number of benzene rings is 2. The minimum absolute atomic E-state index is 0.0819. The number of ether oxygens (including phenoxy) is 2. The van der Waals surface area contributed by atoms with Crippen LogP contribution in [0.15, 0.2) is 74.0 Å². The summed E-state index contributed by atoms with van der Waals surface area (Å²) in [5.74, 6) is 0.389. The van der Waals surface area contributed by atoms with Gasteiger partial charge >= 0.3 is 5.97 Å². The van der Waals surface area contributed by atoms with Crippen molar-refractivity contribution in [3.8, 4) is 17.1 Å². The third-order valence-corrected chi connectivity index (χ3v) is 7.65. The molecular weight excluding hydrogens is 558 g/mol. The Morgan fingerprint density at radius 2 is 1.95 bits per heavy atom. The maximum atomic E-state index is 13.8. The smallest absolute Gasteiger partial charge is 0.338 e. The van der Waals surface area contributed by atoms with Gasteiger partial charge in [0.15, 0.2) is 4.80 Å². The van der Waals surface area contributed by atoms with Crippen LogP contribution in [0.3, 0.4) is 0 Å². The molecule has 0 amide bonds. The van der Waals surface area contributed by atoms with E-state index in [0.717, 1.165) is 16.9 Å². The SMILES string of the molecule is COC(=O)C1=C(C)N=c2s/c(=C\c3ccc(-c4ccc(C)cc4[N+](=O)[O-])o3)c(=O)n2[C@@H]1c1cc(Cl)ccc1OC. The van der Waals surface area contributed by atoms with Gasteiger partial charge in [-0.05, 0) is 55.8 Å². The highest BCUT2D eigenvalue weighted by atomic mass is 35.5. The summed E-state index contributed by atoms with van der Waals surface area (Å²) in [6.45, 7) is 3.43. The van der Waals surface area contributed by atoms with E-state index in [4.69, 9.17) is 25.5 Å². The standard InChI is InChI=1S/C28H22ClN3O7S/c1-14-5-8-18(20(11-14)32(35)36)22-10-7-17(39-22)13-23-26(33)31-25(19-12-16(29)6-9-21(19)37-3)24(27(34)38-4)15(2)30-28(31)40-23/h5-13,25H,1-4H3/b23-13-/t25-/m1/s1. The molecule has 0 fully saturated rings. The lowest BCUT2D eigenvalue weighted by molar-refractivity contribution is -0.384. The van der Waals surface area contributed by atoms with E-state index in [2.05, 4.69) is 4.99 Å². The van der Waals surface area contributed by atoms with Crippen molar-refractivity contribution in [3.05, 3.63) is 112 Å². The number of esters is 1. The zero-order valence-corrected chi connectivity index (χ0v) is 23.3. The van der Waals surface area contributed by atoms with E-state index in [1.54, 1.807) is 56.3 Å². The van der Waals surface area contributed by atoms with Crippen LogP contribution < -0.4 is 19.6 Å². The maximum Gasteiger partial charge on any atom is 0.338 e. The number of thiazole rings is 1. The molecule has 0 N–H and O–H groups in total. The highest BCUT2D eigenvalue weighted by Crippen LogP contribution is 2.37. The van der Waals surface area contributed by atoms with Crippen molar-refractivity contribution in [1.29, 1.82) is 0 Å². The van der Waals surface area contributed by atoms with Gasteiger partial charge in [0.1, 0.15) is 23.3 Å². The Balaban J connectivity index is 1.68. The first kappa shape index (κ1) is 27.1. The average molecular weight is 580 g/mol. The number of rotatable bonds is 6. The Kier molecular flexibility index (Phi) is 7.17. The number of halogens is 1. The molecule has 12 heteroatoms. The second-order valence-electron chi connectivity index (χ2n) is 8.94. The van der Waals surface area contributed by atoms with Crippen molar-refractivity contribution >= 4 is 40.7 Å². The quantitative estimate of drug-likeness (QED) is 0.186. The predicted octanol–water partition coefficient (Wildman–Crippen LogP) is 4.55. The fourth-order valence-corrected chi connectivity index (χ4v) is 5.82. The molecule has 1 aliphatic heterocycles. The number of nitrogens with zero attached hydrogens (tertiary/aromatic N) is 3. The molecule has 1 aliphatic rings. The van der Waals surface area contributed by atoms with Crippen LogP contribution in [0.2, 0.25) is 5.02 Å². The van der Waals surface area contributed by atoms with Crippen molar-refractivity contribution in [2.24, 2.45) is 4.99 Å². The minimum Gasteiger partial charge on any atom is -0.496 e. The largest absolute Gasteiger partial charge is 0.496 e. The Morgan fingerprint density at radius 3 is 2.65 bits per heavy atom. The van der Waals surface area contributed by atoms with Gasteiger partial charge in [-0.25, -0.2) is 9.79 Å². The normalized spacial score (nSPS) is 15.0. The molecule has 0 radical (unpaired) electrons. The molecule has 2 aromatic carbocycles. The van der Waals surface area contributed by atoms with E-state index in [0.29, 0.717) is 38.2 Å². The highest BCUT2D eigenvalue weighted by Gasteiger charge is 2.35. The number of fused-ring (bicyclic) bond motifs is 1. The summed E-state index contributed by atoms with van der Waals surface area (Å²) in [7, 11) is 2.74. The number of aromatic nitrogens is 1. The Bertz CT molecular complexity index is 1900. The summed E-state index contributed by atoms with van der Waals surface area (Å²) < 4.78 is 18.2. The zero-order chi connectivity index (χ0) is 28.7. The number of carbonyl (C=O) groups is 1. The van der Waals surface area contributed by atoms with Crippen molar-refractivity contribution < 1.29 is 23.6 Å². The van der Waals surface area contributed by atoms with Gasteiger partial charge in [-0.3, -0.25) is 19.5 Å². The van der Waals surface area contributed by atoms with E-state index < -0.39 is 22.5 Å². The summed E-state index contributed by atoms with van der Waals surface area (Å²) in [4.78, 5) is 42.7. The van der Waals surface area contributed by atoms with E-state index in [9.17, 15) is 19.7 Å². The monoisotopic (exact) mass is 579 g/mol. The molecule has 40 heavy (non-hydrogen) atoms. The van der Waals surface area contributed by atoms with Gasteiger partial charge in [0.2, 0.25) is 0 Å². The van der Waals surface area contributed by atoms with Crippen LogP contribution in [0.5, 0.6) is 5.75 Å². The van der Waals surface area contributed by atoms with Crippen LogP contribution in [-0.2, 0) is 9.53 Å². The molecule has 3 heterocycles. The number of furan rings is 1. The minimum atomic E-state index is -0.915. The van der Waals surface area contributed by atoms with Gasteiger partial charge in [-0.15, -0.1) is 0 Å². The van der Waals surface area contributed by atoms with Crippen LogP contribution in [0.25, 0.3) is 17.4 Å². The Labute approximate surface area is 236 Å². The molecule has 4 aromatic rings. The molecule has 204 valence electrons. The van der Waals surface area contributed by atoms with Crippen LogP contribution in [-0.4, -0.2) is 29.7 Å². The first-order valence-electron chi connectivity index (χ1n) is 11.9. The summed E-state index contributed by atoms with van der Waals surface area (Å²) >= 11 is 7.42. The van der Waals surface area contributed by atoms with Crippen molar-refractivity contribution in [3.63, 3.8) is 0 Å². The molecule has 0 bridgehead atoms. The molecular formula is C28H22ClN3O7S. The van der Waals surface area contributed by atoms with Crippen LogP contribution in [0.4, 0.5) is 5.69 Å². The van der Waals surface area contributed by atoms with Crippen molar-refractivity contribution in [2.75, 3.05) is 14.2 Å². The molecule has 0 spiro atoms. The van der Waals surface area contributed by atoms with E-state index >= 15 is 0 Å².